The van der Waals surface area contributed by atoms with Crippen LogP contribution in [0.15, 0.2) is 18.2 Å². The summed E-state index contributed by atoms with van der Waals surface area (Å²) in [6, 6.07) is 6.55. The summed E-state index contributed by atoms with van der Waals surface area (Å²) in [6.07, 6.45) is 4.35. The van der Waals surface area contributed by atoms with Crippen molar-refractivity contribution in [3.05, 3.63) is 34.9 Å². The molecule has 0 spiro atoms. The van der Waals surface area contributed by atoms with Gasteiger partial charge in [0.1, 0.15) is 0 Å². The number of aliphatic hydroxyl groups is 1. The lowest BCUT2D eigenvalue weighted by atomic mass is 9.73. The highest BCUT2D eigenvalue weighted by molar-refractivity contribution is 5.31. The molecular formula is C18H28O. The second-order valence-corrected chi connectivity index (χ2v) is 6.88. The van der Waals surface area contributed by atoms with Gasteiger partial charge in [-0.1, -0.05) is 37.6 Å². The Balaban J connectivity index is 2.03. The fourth-order valence-electron chi connectivity index (χ4n) is 3.74. The van der Waals surface area contributed by atoms with E-state index in [4.69, 9.17) is 0 Å². The maximum Gasteiger partial charge on any atom is 0.0609 e. The van der Waals surface area contributed by atoms with Crippen molar-refractivity contribution >= 4 is 0 Å². The molecule has 0 aliphatic heterocycles. The van der Waals surface area contributed by atoms with Crippen LogP contribution in [-0.4, -0.2) is 11.2 Å². The molecule has 1 aliphatic carbocycles. The van der Waals surface area contributed by atoms with Crippen LogP contribution in [-0.2, 0) is 6.42 Å². The number of rotatable bonds is 3. The van der Waals surface area contributed by atoms with Crippen LogP contribution >= 0.6 is 0 Å². The van der Waals surface area contributed by atoms with Gasteiger partial charge in [0.05, 0.1) is 6.10 Å². The number of hydrogen-bond acceptors (Lipinski definition) is 1. The summed E-state index contributed by atoms with van der Waals surface area (Å²) in [6.45, 7) is 8.92. The van der Waals surface area contributed by atoms with Crippen LogP contribution in [0, 0.1) is 31.6 Å². The van der Waals surface area contributed by atoms with Gasteiger partial charge in [0.15, 0.2) is 0 Å². The van der Waals surface area contributed by atoms with E-state index in [9.17, 15) is 5.11 Å². The molecule has 3 unspecified atom stereocenters. The van der Waals surface area contributed by atoms with Gasteiger partial charge in [-0.05, 0) is 68.4 Å². The van der Waals surface area contributed by atoms with Crippen LogP contribution in [0.5, 0.6) is 0 Å². The van der Waals surface area contributed by atoms with Crippen molar-refractivity contribution in [3.63, 3.8) is 0 Å². The van der Waals surface area contributed by atoms with Gasteiger partial charge in [0.25, 0.3) is 0 Å². The Labute approximate surface area is 118 Å². The van der Waals surface area contributed by atoms with E-state index in [1.165, 1.54) is 36.0 Å². The molecule has 1 aliphatic rings. The minimum atomic E-state index is -0.175. The van der Waals surface area contributed by atoms with Crippen LogP contribution in [0.4, 0.5) is 0 Å². The zero-order valence-electron chi connectivity index (χ0n) is 12.8. The number of aliphatic hydroxyl groups excluding tert-OH is 1. The summed E-state index contributed by atoms with van der Waals surface area (Å²) in [5.41, 5.74) is 3.91. The zero-order chi connectivity index (χ0) is 14.0. The van der Waals surface area contributed by atoms with Gasteiger partial charge in [0, 0.05) is 0 Å². The fraction of sp³-hybridized carbons (Fsp3) is 0.667. The molecular weight excluding hydrogens is 232 g/mol. The highest BCUT2D eigenvalue weighted by Gasteiger charge is 2.29. The molecule has 0 heterocycles. The highest BCUT2D eigenvalue weighted by atomic mass is 16.3. The van der Waals surface area contributed by atoms with Crippen molar-refractivity contribution < 1.29 is 5.11 Å². The third-order valence-electron chi connectivity index (χ3n) is 4.69. The van der Waals surface area contributed by atoms with E-state index in [-0.39, 0.29) is 6.10 Å². The molecule has 19 heavy (non-hydrogen) atoms. The summed E-state index contributed by atoms with van der Waals surface area (Å²) >= 11 is 0. The molecule has 0 saturated heterocycles. The highest BCUT2D eigenvalue weighted by Crippen LogP contribution is 2.35. The predicted molar refractivity (Wildman–Crippen MR) is 81.3 cm³/mol. The Kier molecular flexibility index (Phi) is 4.67. The predicted octanol–water partition coefficient (Wildman–Crippen LogP) is 4.28. The molecule has 1 heteroatoms. The Hall–Kier alpha value is -0.820. The molecule has 1 aromatic rings. The fourth-order valence-corrected chi connectivity index (χ4v) is 3.74. The first-order valence-electron chi connectivity index (χ1n) is 7.70. The normalized spacial score (nSPS) is 29.2. The minimum absolute atomic E-state index is 0.175. The van der Waals surface area contributed by atoms with Gasteiger partial charge in [-0.3, -0.25) is 0 Å². The molecule has 1 fully saturated rings. The van der Waals surface area contributed by atoms with Gasteiger partial charge < -0.3 is 5.11 Å². The molecule has 1 aromatic carbocycles. The van der Waals surface area contributed by atoms with Crippen LogP contribution in [0.2, 0.25) is 0 Å². The number of benzene rings is 1. The van der Waals surface area contributed by atoms with Gasteiger partial charge in [-0.25, -0.2) is 0 Å². The largest absolute Gasteiger partial charge is 0.392 e. The van der Waals surface area contributed by atoms with E-state index >= 15 is 0 Å². The molecule has 2 rings (SSSR count). The Morgan fingerprint density at radius 3 is 2.37 bits per heavy atom. The smallest absolute Gasteiger partial charge is 0.0609 e. The SMILES string of the molecule is Cc1ccc(C)c(CC(O)C2CC(C)CC(C)C2)c1. The summed E-state index contributed by atoms with van der Waals surface area (Å²) in [7, 11) is 0. The summed E-state index contributed by atoms with van der Waals surface area (Å²) in [4.78, 5) is 0. The molecule has 0 bridgehead atoms. The van der Waals surface area contributed by atoms with Crippen LogP contribution in [0.25, 0.3) is 0 Å². The van der Waals surface area contributed by atoms with Crippen LogP contribution in [0.1, 0.15) is 49.8 Å². The first-order chi connectivity index (χ1) is 8.95. The minimum Gasteiger partial charge on any atom is -0.392 e. The van der Waals surface area contributed by atoms with E-state index in [1.807, 2.05) is 0 Å². The lowest BCUT2D eigenvalue weighted by molar-refractivity contribution is 0.0560. The van der Waals surface area contributed by atoms with Gasteiger partial charge in [-0.15, -0.1) is 0 Å². The molecule has 1 nitrogen and oxygen atoms in total. The zero-order valence-corrected chi connectivity index (χ0v) is 12.8. The van der Waals surface area contributed by atoms with Crippen LogP contribution in [0.3, 0.4) is 0 Å². The quantitative estimate of drug-likeness (QED) is 0.860. The number of hydrogen-bond donors (Lipinski definition) is 1. The number of aryl methyl sites for hydroxylation is 2. The van der Waals surface area contributed by atoms with Crippen molar-refractivity contribution in [2.45, 2.75) is 59.5 Å². The van der Waals surface area contributed by atoms with Crippen molar-refractivity contribution in [2.24, 2.45) is 17.8 Å². The third kappa shape index (κ3) is 3.82. The Morgan fingerprint density at radius 2 is 1.74 bits per heavy atom. The molecule has 1 N–H and O–H groups in total. The molecule has 1 saturated carbocycles. The lowest BCUT2D eigenvalue weighted by Gasteiger charge is -2.34. The summed E-state index contributed by atoms with van der Waals surface area (Å²) in [5, 5.41) is 10.6. The lowest BCUT2D eigenvalue weighted by Crippen LogP contribution is -2.30. The van der Waals surface area contributed by atoms with Crippen molar-refractivity contribution in [1.82, 2.24) is 0 Å². The van der Waals surface area contributed by atoms with E-state index in [1.54, 1.807) is 0 Å². The van der Waals surface area contributed by atoms with E-state index < -0.39 is 0 Å². The van der Waals surface area contributed by atoms with E-state index in [2.05, 4.69) is 45.9 Å². The molecule has 106 valence electrons. The van der Waals surface area contributed by atoms with E-state index in [0.29, 0.717) is 5.92 Å². The van der Waals surface area contributed by atoms with Crippen LogP contribution < -0.4 is 0 Å². The summed E-state index contributed by atoms with van der Waals surface area (Å²) < 4.78 is 0. The Morgan fingerprint density at radius 1 is 1.11 bits per heavy atom. The second kappa shape index (κ2) is 6.09. The summed E-state index contributed by atoms with van der Waals surface area (Å²) in [5.74, 6) is 2.02. The second-order valence-electron chi connectivity index (χ2n) is 6.88. The molecule has 0 amide bonds. The third-order valence-corrected chi connectivity index (χ3v) is 4.69. The van der Waals surface area contributed by atoms with E-state index in [0.717, 1.165) is 18.3 Å². The maximum absolute atomic E-state index is 10.6. The molecule has 3 atom stereocenters. The maximum atomic E-state index is 10.6. The average Bonchev–Trinajstić information content (AvgIpc) is 2.32. The molecule has 0 radical (unpaired) electrons. The topological polar surface area (TPSA) is 20.2 Å². The average molecular weight is 260 g/mol. The first-order valence-corrected chi connectivity index (χ1v) is 7.70. The van der Waals surface area contributed by atoms with Crippen molar-refractivity contribution in [3.8, 4) is 0 Å². The standard InChI is InChI=1S/C18H28O/c1-12-5-6-15(4)16(8-12)11-18(19)17-9-13(2)7-14(3)10-17/h5-6,8,13-14,17-19H,7,9-11H2,1-4H3. The first kappa shape index (κ1) is 14.6. The Bertz CT molecular complexity index is 414. The van der Waals surface area contributed by atoms with Gasteiger partial charge in [0.2, 0.25) is 0 Å². The van der Waals surface area contributed by atoms with Crippen molar-refractivity contribution in [2.75, 3.05) is 0 Å². The van der Waals surface area contributed by atoms with Gasteiger partial charge >= 0.3 is 0 Å². The monoisotopic (exact) mass is 260 g/mol. The van der Waals surface area contributed by atoms with Gasteiger partial charge in [-0.2, -0.15) is 0 Å². The van der Waals surface area contributed by atoms with Crippen molar-refractivity contribution in [1.29, 1.82) is 0 Å². The molecule has 0 aromatic heterocycles.